The van der Waals surface area contributed by atoms with Crippen molar-refractivity contribution in [2.75, 3.05) is 19.6 Å². The van der Waals surface area contributed by atoms with E-state index in [0.29, 0.717) is 19.2 Å². The van der Waals surface area contributed by atoms with Crippen LogP contribution < -0.4 is 0 Å². The van der Waals surface area contributed by atoms with E-state index in [1.54, 1.807) is 18.7 Å². The van der Waals surface area contributed by atoms with Crippen molar-refractivity contribution in [2.45, 2.75) is 32.7 Å². The van der Waals surface area contributed by atoms with Gasteiger partial charge < -0.3 is 9.80 Å². The molecule has 2 rings (SSSR count). The van der Waals surface area contributed by atoms with Gasteiger partial charge in [0.25, 0.3) is 5.91 Å². The van der Waals surface area contributed by atoms with Gasteiger partial charge in [0, 0.05) is 25.7 Å². The van der Waals surface area contributed by atoms with Gasteiger partial charge in [-0.1, -0.05) is 6.92 Å². The molecule has 0 saturated carbocycles. The van der Waals surface area contributed by atoms with E-state index in [-0.39, 0.29) is 12.5 Å². The van der Waals surface area contributed by atoms with E-state index >= 15 is 0 Å². The van der Waals surface area contributed by atoms with Crippen molar-refractivity contribution in [3.63, 3.8) is 0 Å². The summed E-state index contributed by atoms with van der Waals surface area (Å²) >= 11 is 0. The molecule has 2 heterocycles. The Morgan fingerprint density at radius 2 is 2.05 bits per heavy atom. The molecule has 0 aliphatic carbocycles. The van der Waals surface area contributed by atoms with Gasteiger partial charge in [-0.25, -0.2) is 13.8 Å². The number of pyridine rings is 1. The maximum absolute atomic E-state index is 13.8. The van der Waals surface area contributed by atoms with Gasteiger partial charge in [-0.2, -0.15) is 0 Å². The maximum Gasteiger partial charge on any atom is 0.276 e. The fourth-order valence-electron chi connectivity index (χ4n) is 2.64. The number of hydrogen-bond donors (Lipinski definition) is 0. The van der Waals surface area contributed by atoms with Gasteiger partial charge in [0.2, 0.25) is 5.91 Å². The molecule has 1 saturated heterocycles. The Labute approximate surface area is 127 Å². The van der Waals surface area contributed by atoms with Crippen molar-refractivity contribution < 1.29 is 18.4 Å². The first-order valence-corrected chi connectivity index (χ1v) is 7.21. The monoisotopic (exact) mass is 311 g/mol. The summed E-state index contributed by atoms with van der Waals surface area (Å²) in [7, 11) is 0. The third-order valence-electron chi connectivity index (χ3n) is 3.83. The van der Waals surface area contributed by atoms with Crippen LogP contribution in [0.4, 0.5) is 8.78 Å². The molecular formula is C15H19F2N3O2. The molecule has 5 nitrogen and oxygen atoms in total. The quantitative estimate of drug-likeness (QED) is 0.856. The smallest absolute Gasteiger partial charge is 0.276 e. The second-order valence-corrected chi connectivity index (χ2v) is 5.79. The summed E-state index contributed by atoms with van der Waals surface area (Å²) < 4.78 is 26.7. The standard InChI is InChI=1S/C15H19F2N3O2/c1-4-5-19-6-7-20(15(2,3)14(19)22)13(21)12-11(17)8-10(16)9-18-12/h8-9H,4-7H2,1-3H3. The van der Waals surface area contributed by atoms with E-state index in [1.807, 2.05) is 6.92 Å². The molecule has 0 aromatic carbocycles. The largest absolute Gasteiger partial charge is 0.339 e. The third kappa shape index (κ3) is 2.80. The molecule has 1 fully saturated rings. The van der Waals surface area contributed by atoms with Crippen LogP contribution in [0.5, 0.6) is 0 Å². The Bertz CT molecular complexity index is 604. The SMILES string of the molecule is CCCN1CCN(C(=O)c2ncc(F)cc2F)C(C)(C)C1=O. The summed E-state index contributed by atoms with van der Waals surface area (Å²) in [5, 5.41) is 0. The van der Waals surface area contributed by atoms with Gasteiger partial charge in [0.05, 0.1) is 6.20 Å². The molecule has 0 bridgehead atoms. The molecule has 22 heavy (non-hydrogen) atoms. The second kappa shape index (κ2) is 5.98. The van der Waals surface area contributed by atoms with Gasteiger partial charge in [-0.15, -0.1) is 0 Å². The lowest BCUT2D eigenvalue weighted by Gasteiger charge is -2.45. The third-order valence-corrected chi connectivity index (χ3v) is 3.83. The van der Waals surface area contributed by atoms with E-state index < -0.39 is 28.8 Å². The fourth-order valence-corrected chi connectivity index (χ4v) is 2.64. The van der Waals surface area contributed by atoms with Crippen molar-refractivity contribution in [1.29, 1.82) is 0 Å². The lowest BCUT2D eigenvalue weighted by atomic mass is 9.96. The summed E-state index contributed by atoms with van der Waals surface area (Å²) in [6.07, 6.45) is 1.61. The lowest BCUT2D eigenvalue weighted by Crippen LogP contribution is -2.64. The van der Waals surface area contributed by atoms with Crippen LogP contribution in [0, 0.1) is 11.6 Å². The van der Waals surface area contributed by atoms with E-state index in [9.17, 15) is 18.4 Å². The second-order valence-electron chi connectivity index (χ2n) is 5.79. The number of halogens is 2. The zero-order chi connectivity index (χ0) is 16.5. The van der Waals surface area contributed by atoms with Crippen LogP contribution in [0.2, 0.25) is 0 Å². The highest BCUT2D eigenvalue weighted by molar-refractivity contribution is 5.98. The molecule has 1 aromatic heterocycles. The average Bonchev–Trinajstić information content (AvgIpc) is 2.43. The number of aromatic nitrogens is 1. The number of carbonyl (C=O) groups is 2. The first-order chi connectivity index (χ1) is 10.3. The zero-order valence-corrected chi connectivity index (χ0v) is 12.9. The molecule has 0 unspecified atom stereocenters. The van der Waals surface area contributed by atoms with Gasteiger partial charge in [0.15, 0.2) is 11.5 Å². The molecule has 1 aliphatic rings. The highest BCUT2D eigenvalue weighted by atomic mass is 19.1. The molecule has 2 amide bonds. The number of hydrogen-bond acceptors (Lipinski definition) is 3. The van der Waals surface area contributed by atoms with Gasteiger partial charge in [0.1, 0.15) is 11.4 Å². The minimum Gasteiger partial charge on any atom is -0.339 e. The molecular weight excluding hydrogens is 292 g/mol. The molecule has 7 heteroatoms. The number of piperazine rings is 1. The van der Waals surface area contributed by atoms with E-state index in [1.165, 1.54) is 4.90 Å². The predicted octanol–water partition coefficient (Wildman–Crippen LogP) is 1.83. The molecule has 120 valence electrons. The zero-order valence-electron chi connectivity index (χ0n) is 12.9. The minimum absolute atomic E-state index is 0.184. The van der Waals surface area contributed by atoms with Crippen molar-refractivity contribution in [3.8, 4) is 0 Å². The Kier molecular flexibility index (Phi) is 4.44. The molecule has 0 radical (unpaired) electrons. The molecule has 0 atom stereocenters. The Balaban J connectivity index is 2.28. The summed E-state index contributed by atoms with van der Waals surface area (Å²) in [5.41, 5.74) is -1.56. The Morgan fingerprint density at radius 1 is 1.36 bits per heavy atom. The Hall–Kier alpha value is -2.05. The normalized spacial score (nSPS) is 17.8. The predicted molar refractivity (Wildman–Crippen MR) is 76.1 cm³/mol. The van der Waals surface area contributed by atoms with Crippen molar-refractivity contribution in [3.05, 3.63) is 29.6 Å². The van der Waals surface area contributed by atoms with Gasteiger partial charge in [-0.3, -0.25) is 9.59 Å². The van der Waals surface area contributed by atoms with Crippen molar-refractivity contribution in [1.82, 2.24) is 14.8 Å². The van der Waals surface area contributed by atoms with Crippen LogP contribution in [0.25, 0.3) is 0 Å². The number of amides is 2. The van der Waals surface area contributed by atoms with E-state index in [0.717, 1.165) is 12.6 Å². The van der Waals surface area contributed by atoms with Crippen LogP contribution in [0.1, 0.15) is 37.7 Å². The van der Waals surface area contributed by atoms with Gasteiger partial charge in [-0.05, 0) is 20.3 Å². The first-order valence-electron chi connectivity index (χ1n) is 7.21. The number of carbonyl (C=O) groups excluding carboxylic acids is 2. The van der Waals surface area contributed by atoms with Crippen LogP contribution in [0.15, 0.2) is 12.3 Å². The van der Waals surface area contributed by atoms with Crippen molar-refractivity contribution >= 4 is 11.8 Å². The average molecular weight is 311 g/mol. The number of rotatable bonds is 3. The van der Waals surface area contributed by atoms with Crippen LogP contribution in [-0.4, -0.2) is 51.8 Å². The topological polar surface area (TPSA) is 53.5 Å². The molecule has 1 aromatic rings. The fraction of sp³-hybridized carbons (Fsp3) is 0.533. The minimum atomic E-state index is -1.09. The highest BCUT2D eigenvalue weighted by Crippen LogP contribution is 2.25. The summed E-state index contributed by atoms with van der Waals surface area (Å²) in [6, 6.07) is 0.613. The lowest BCUT2D eigenvalue weighted by molar-refractivity contribution is -0.146. The van der Waals surface area contributed by atoms with Crippen LogP contribution in [0.3, 0.4) is 0 Å². The summed E-state index contributed by atoms with van der Waals surface area (Å²) in [5.74, 6) is -2.76. The van der Waals surface area contributed by atoms with E-state index in [2.05, 4.69) is 4.98 Å². The highest BCUT2D eigenvalue weighted by Gasteiger charge is 2.44. The molecule has 0 spiro atoms. The van der Waals surface area contributed by atoms with Crippen LogP contribution in [-0.2, 0) is 4.79 Å². The van der Waals surface area contributed by atoms with Gasteiger partial charge >= 0.3 is 0 Å². The maximum atomic E-state index is 13.8. The molecule has 0 N–H and O–H groups in total. The first kappa shape index (κ1) is 16.3. The molecule has 1 aliphatic heterocycles. The van der Waals surface area contributed by atoms with Crippen LogP contribution >= 0.6 is 0 Å². The van der Waals surface area contributed by atoms with Crippen molar-refractivity contribution in [2.24, 2.45) is 0 Å². The Morgan fingerprint density at radius 3 is 2.64 bits per heavy atom. The van der Waals surface area contributed by atoms with E-state index in [4.69, 9.17) is 0 Å². The number of nitrogens with zero attached hydrogens (tertiary/aromatic N) is 3. The summed E-state index contributed by atoms with van der Waals surface area (Å²) in [4.78, 5) is 31.5. The summed E-state index contributed by atoms with van der Waals surface area (Å²) in [6.45, 7) is 6.51.